The first-order chi connectivity index (χ1) is 13.7. The fraction of sp³-hybridized carbons (Fsp3) is 0.222. The Morgan fingerprint density at radius 3 is 3.00 bits per heavy atom. The van der Waals surface area contributed by atoms with Crippen molar-refractivity contribution in [1.29, 1.82) is 5.26 Å². The third-order valence-corrected chi connectivity index (χ3v) is 6.53. The molecule has 1 aromatic carbocycles. The van der Waals surface area contributed by atoms with Crippen LogP contribution in [-0.2, 0) is 12.8 Å². The highest BCUT2D eigenvalue weighted by molar-refractivity contribution is 7.99. The molecule has 1 aliphatic carbocycles. The number of nitro benzene ring substituents is 1. The minimum absolute atomic E-state index is 0.0312. The van der Waals surface area contributed by atoms with Gasteiger partial charge < -0.3 is 0 Å². The number of aryl methyl sites for hydroxylation is 1. The Morgan fingerprint density at radius 1 is 1.39 bits per heavy atom. The van der Waals surface area contributed by atoms with E-state index in [2.05, 4.69) is 26.2 Å². The van der Waals surface area contributed by atoms with Crippen molar-refractivity contribution in [2.24, 2.45) is 4.99 Å². The number of fused-ring (bicyclic) bond motifs is 1. The number of nitrogens with zero attached hydrogens (tertiary/aromatic N) is 5. The molecule has 140 valence electrons. The van der Waals surface area contributed by atoms with Crippen LogP contribution >= 0.6 is 23.1 Å². The van der Waals surface area contributed by atoms with Crippen molar-refractivity contribution in [2.45, 2.75) is 35.7 Å². The third-order valence-electron chi connectivity index (χ3n) is 4.37. The molecule has 0 saturated carbocycles. The molecule has 10 heteroatoms. The van der Waals surface area contributed by atoms with Gasteiger partial charge in [0.15, 0.2) is 5.16 Å². The van der Waals surface area contributed by atoms with Gasteiger partial charge in [0.1, 0.15) is 17.4 Å². The van der Waals surface area contributed by atoms with Gasteiger partial charge in [0, 0.05) is 17.2 Å². The third kappa shape index (κ3) is 3.67. The maximum Gasteiger partial charge on any atom is 0.283 e. The van der Waals surface area contributed by atoms with Crippen LogP contribution in [0.1, 0.15) is 34.4 Å². The van der Waals surface area contributed by atoms with E-state index in [0.717, 1.165) is 43.0 Å². The predicted molar refractivity (Wildman–Crippen MR) is 107 cm³/mol. The lowest BCUT2D eigenvalue weighted by atomic mass is 9.96. The summed E-state index contributed by atoms with van der Waals surface area (Å²) in [5, 5.41) is 28.6. The normalized spacial score (nSPS) is 13.4. The van der Waals surface area contributed by atoms with Gasteiger partial charge in [-0.25, -0.2) is 9.98 Å². The number of nitrogens with one attached hydrogen (secondary N) is 1. The number of aliphatic imine (C=N–C) groups is 1. The summed E-state index contributed by atoms with van der Waals surface area (Å²) < 4.78 is 0. The molecule has 4 rings (SSSR count). The van der Waals surface area contributed by atoms with Crippen molar-refractivity contribution in [3.63, 3.8) is 0 Å². The van der Waals surface area contributed by atoms with Crippen LogP contribution in [0.5, 0.6) is 0 Å². The van der Waals surface area contributed by atoms with Crippen LogP contribution in [0.25, 0.3) is 0 Å². The zero-order valence-electron chi connectivity index (χ0n) is 14.6. The van der Waals surface area contributed by atoms with Crippen molar-refractivity contribution in [2.75, 3.05) is 0 Å². The Labute approximate surface area is 168 Å². The summed E-state index contributed by atoms with van der Waals surface area (Å²) >= 11 is 2.68. The lowest BCUT2D eigenvalue weighted by Gasteiger charge is -2.09. The van der Waals surface area contributed by atoms with Crippen LogP contribution in [0.4, 0.5) is 10.7 Å². The summed E-state index contributed by atoms with van der Waals surface area (Å²) in [6.07, 6.45) is 7.07. The highest BCUT2D eigenvalue weighted by Crippen LogP contribution is 2.39. The molecule has 1 N–H and O–H groups in total. The van der Waals surface area contributed by atoms with Gasteiger partial charge in [0.2, 0.25) is 0 Å². The van der Waals surface area contributed by atoms with E-state index in [0.29, 0.717) is 26.2 Å². The first-order valence-corrected chi connectivity index (χ1v) is 10.2. The summed E-state index contributed by atoms with van der Waals surface area (Å²) in [5.74, 6) is 0. The molecule has 0 aliphatic heterocycles. The van der Waals surface area contributed by atoms with Gasteiger partial charge in [-0.2, -0.15) is 10.4 Å². The minimum Gasteiger partial charge on any atom is -0.258 e. The molecule has 0 spiro atoms. The SMILES string of the molecule is N#Cc1c(/N=C/c2ccc(Sc3ncn[nH]3)c([N+](=O)[O-])c2)sc2c1CCCC2. The molecule has 0 unspecified atom stereocenters. The molecule has 0 fully saturated rings. The molecule has 3 aromatic rings. The van der Waals surface area contributed by atoms with Crippen molar-refractivity contribution >= 4 is 40.0 Å². The monoisotopic (exact) mass is 410 g/mol. The number of hydrogen-bond acceptors (Lipinski definition) is 8. The van der Waals surface area contributed by atoms with E-state index >= 15 is 0 Å². The molecule has 8 nitrogen and oxygen atoms in total. The van der Waals surface area contributed by atoms with Crippen molar-refractivity contribution in [3.8, 4) is 6.07 Å². The molecule has 2 aromatic heterocycles. The number of rotatable bonds is 5. The number of hydrogen-bond donors (Lipinski definition) is 1. The predicted octanol–water partition coefficient (Wildman–Crippen LogP) is 4.43. The second-order valence-electron chi connectivity index (χ2n) is 6.14. The van der Waals surface area contributed by atoms with Gasteiger partial charge in [0.05, 0.1) is 15.4 Å². The molecule has 28 heavy (non-hydrogen) atoms. The number of nitro groups is 1. The van der Waals surface area contributed by atoms with E-state index in [-0.39, 0.29) is 5.69 Å². The smallest absolute Gasteiger partial charge is 0.258 e. The highest BCUT2D eigenvalue weighted by atomic mass is 32.2. The van der Waals surface area contributed by atoms with E-state index in [1.54, 1.807) is 29.7 Å². The van der Waals surface area contributed by atoms with E-state index in [4.69, 9.17) is 0 Å². The molecule has 0 atom stereocenters. The lowest BCUT2D eigenvalue weighted by molar-refractivity contribution is -0.387. The lowest BCUT2D eigenvalue weighted by Crippen LogP contribution is -1.99. The Bertz CT molecular complexity index is 1100. The summed E-state index contributed by atoms with van der Waals surface area (Å²) in [6.45, 7) is 0. The zero-order chi connectivity index (χ0) is 19.5. The van der Waals surface area contributed by atoms with Crippen LogP contribution in [0, 0.1) is 21.4 Å². The number of aromatic amines is 1. The van der Waals surface area contributed by atoms with Crippen LogP contribution < -0.4 is 0 Å². The van der Waals surface area contributed by atoms with Gasteiger partial charge in [0.25, 0.3) is 5.69 Å². The van der Waals surface area contributed by atoms with Crippen molar-refractivity contribution < 1.29 is 4.92 Å². The summed E-state index contributed by atoms with van der Waals surface area (Å²) in [7, 11) is 0. The Balaban J connectivity index is 1.63. The topological polar surface area (TPSA) is 121 Å². The number of H-pyrrole nitrogens is 1. The highest BCUT2D eigenvalue weighted by Gasteiger charge is 2.20. The molecule has 0 radical (unpaired) electrons. The molecular formula is C18H14N6O2S2. The van der Waals surface area contributed by atoms with Crippen molar-refractivity contribution in [3.05, 3.63) is 56.2 Å². The fourth-order valence-corrected chi connectivity index (χ4v) is 5.05. The minimum atomic E-state index is -0.430. The number of benzene rings is 1. The number of thiophene rings is 1. The average molecular weight is 410 g/mol. The first kappa shape index (κ1) is 18.3. The number of nitriles is 1. The molecular weight excluding hydrogens is 396 g/mol. The summed E-state index contributed by atoms with van der Waals surface area (Å²) in [6, 6.07) is 7.17. The molecule has 0 amide bonds. The molecule has 1 aliphatic rings. The second kappa shape index (κ2) is 7.92. The molecule has 0 bridgehead atoms. The molecule has 2 heterocycles. The van der Waals surface area contributed by atoms with Gasteiger partial charge in [-0.1, -0.05) is 6.07 Å². The average Bonchev–Trinajstić information content (AvgIpc) is 3.33. The number of aromatic nitrogens is 3. The van der Waals surface area contributed by atoms with Gasteiger partial charge in [-0.15, -0.1) is 11.3 Å². The maximum atomic E-state index is 11.5. The van der Waals surface area contributed by atoms with Gasteiger partial charge in [-0.3, -0.25) is 15.2 Å². The maximum absolute atomic E-state index is 11.5. The Hall–Kier alpha value is -3.03. The fourth-order valence-electron chi connectivity index (χ4n) is 3.08. The Morgan fingerprint density at radius 2 is 2.25 bits per heavy atom. The van der Waals surface area contributed by atoms with Gasteiger partial charge in [-0.05, 0) is 54.6 Å². The van der Waals surface area contributed by atoms with Crippen LogP contribution in [0.15, 0.2) is 39.6 Å². The zero-order valence-corrected chi connectivity index (χ0v) is 16.2. The Kier molecular flexibility index (Phi) is 5.18. The standard InChI is InChI=1S/C18H14N6O2S2/c19-8-13-12-3-1-2-4-15(12)27-17(13)20-9-11-5-6-16(14(7-11)24(25)26)28-18-21-10-22-23-18/h5-7,9-10H,1-4H2,(H,21,22,23)/b20-9+. The second-order valence-corrected chi connectivity index (χ2v) is 8.25. The van der Waals surface area contributed by atoms with Gasteiger partial charge >= 0.3 is 0 Å². The van der Waals surface area contributed by atoms with E-state index in [1.165, 1.54) is 17.3 Å². The molecule has 0 saturated heterocycles. The van der Waals surface area contributed by atoms with Crippen LogP contribution in [0.2, 0.25) is 0 Å². The first-order valence-electron chi connectivity index (χ1n) is 8.56. The van der Waals surface area contributed by atoms with Crippen LogP contribution in [-0.4, -0.2) is 26.3 Å². The summed E-state index contributed by atoms with van der Waals surface area (Å²) in [4.78, 5) is 21.2. The van der Waals surface area contributed by atoms with Crippen LogP contribution in [0.3, 0.4) is 0 Å². The van der Waals surface area contributed by atoms with E-state index in [9.17, 15) is 15.4 Å². The quantitative estimate of drug-likeness (QED) is 0.377. The van der Waals surface area contributed by atoms with E-state index in [1.807, 2.05) is 0 Å². The van der Waals surface area contributed by atoms with Crippen molar-refractivity contribution in [1.82, 2.24) is 15.2 Å². The summed E-state index contributed by atoms with van der Waals surface area (Å²) in [5.41, 5.74) is 2.33. The largest absolute Gasteiger partial charge is 0.283 e. The van der Waals surface area contributed by atoms with E-state index < -0.39 is 4.92 Å².